The number of hydrogen-bond acceptors (Lipinski definition) is 8. The SMILES string of the molecule is COC(=O)c1sccc1S(=O)(=O)Oc1ccccc1-c1nc2cc(Cl)ccc2o1. The number of halogens is 1. The highest BCUT2D eigenvalue weighted by atomic mass is 35.5. The average molecular weight is 450 g/mol. The van der Waals surface area contributed by atoms with Crippen molar-refractivity contribution in [2.75, 3.05) is 7.11 Å². The van der Waals surface area contributed by atoms with Crippen molar-refractivity contribution in [2.45, 2.75) is 4.90 Å². The lowest BCUT2D eigenvalue weighted by molar-refractivity contribution is 0.0602. The zero-order chi connectivity index (χ0) is 20.6. The molecule has 0 saturated heterocycles. The summed E-state index contributed by atoms with van der Waals surface area (Å²) in [6.07, 6.45) is 0. The Labute approximate surface area is 174 Å². The maximum absolute atomic E-state index is 12.8. The van der Waals surface area contributed by atoms with E-state index >= 15 is 0 Å². The number of para-hydroxylation sites is 1. The lowest BCUT2D eigenvalue weighted by Gasteiger charge is -2.09. The van der Waals surface area contributed by atoms with Gasteiger partial charge in [-0.05, 0) is 41.8 Å². The quantitative estimate of drug-likeness (QED) is 0.320. The minimum Gasteiger partial charge on any atom is -0.465 e. The first kappa shape index (κ1) is 19.4. The van der Waals surface area contributed by atoms with Crippen LogP contribution in [0.3, 0.4) is 0 Å². The second-order valence-corrected chi connectivity index (χ2v) is 8.64. The summed E-state index contributed by atoms with van der Waals surface area (Å²) in [6.45, 7) is 0. The molecule has 0 aliphatic carbocycles. The molecular weight excluding hydrogens is 438 g/mol. The molecule has 0 bridgehead atoms. The van der Waals surface area contributed by atoms with Crippen LogP contribution in [0.5, 0.6) is 5.75 Å². The Bertz CT molecular complexity index is 1330. The van der Waals surface area contributed by atoms with Crippen LogP contribution in [0.25, 0.3) is 22.6 Å². The van der Waals surface area contributed by atoms with Gasteiger partial charge < -0.3 is 13.3 Å². The highest BCUT2D eigenvalue weighted by Gasteiger charge is 2.28. The van der Waals surface area contributed by atoms with Gasteiger partial charge in [0.05, 0.1) is 12.7 Å². The standard InChI is InChI=1S/C19H12ClNO6S2/c1-25-19(22)17-16(8-9-28-17)29(23,24)27-14-5-3-2-4-12(14)18-21-13-10-11(20)6-7-15(13)26-18/h2-10H,1H3. The van der Waals surface area contributed by atoms with Gasteiger partial charge >= 0.3 is 16.1 Å². The molecule has 0 atom stereocenters. The molecule has 0 aliphatic heterocycles. The molecule has 4 rings (SSSR count). The first-order valence-electron chi connectivity index (χ1n) is 8.15. The molecule has 7 nitrogen and oxygen atoms in total. The number of thiophene rings is 1. The van der Waals surface area contributed by atoms with Crippen molar-refractivity contribution in [1.29, 1.82) is 0 Å². The van der Waals surface area contributed by atoms with Gasteiger partial charge in [0.1, 0.15) is 15.3 Å². The molecule has 0 N–H and O–H groups in total. The third kappa shape index (κ3) is 3.71. The van der Waals surface area contributed by atoms with Crippen molar-refractivity contribution in [3.63, 3.8) is 0 Å². The largest absolute Gasteiger partial charge is 0.465 e. The van der Waals surface area contributed by atoms with Crippen LogP contribution in [-0.2, 0) is 14.9 Å². The van der Waals surface area contributed by atoms with E-state index in [-0.39, 0.29) is 21.4 Å². The van der Waals surface area contributed by atoms with E-state index in [4.69, 9.17) is 20.2 Å². The highest BCUT2D eigenvalue weighted by Crippen LogP contribution is 2.35. The number of ether oxygens (including phenoxy) is 1. The normalized spacial score (nSPS) is 11.5. The van der Waals surface area contributed by atoms with Crippen LogP contribution in [0.4, 0.5) is 0 Å². The van der Waals surface area contributed by atoms with E-state index in [2.05, 4.69) is 9.72 Å². The van der Waals surface area contributed by atoms with E-state index in [1.807, 2.05) is 0 Å². The topological polar surface area (TPSA) is 95.7 Å². The zero-order valence-electron chi connectivity index (χ0n) is 14.8. The number of carbonyl (C=O) groups is 1. The van der Waals surface area contributed by atoms with Gasteiger partial charge in [0, 0.05) is 5.02 Å². The monoisotopic (exact) mass is 449 g/mol. The van der Waals surface area contributed by atoms with Crippen molar-refractivity contribution in [3.8, 4) is 17.2 Å². The fourth-order valence-electron chi connectivity index (χ4n) is 2.63. The van der Waals surface area contributed by atoms with Crippen molar-refractivity contribution in [2.24, 2.45) is 0 Å². The van der Waals surface area contributed by atoms with E-state index in [1.165, 1.54) is 24.6 Å². The Hall–Kier alpha value is -2.88. The molecule has 4 aromatic rings. The van der Waals surface area contributed by atoms with Crippen molar-refractivity contribution in [1.82, 2.24) is 4.98 Å². The molecule has 2 aromatic heterocycles. The zero-order valence-corrected chi connectivity index (χ0v) is 17.2. The van der Waals surface area contributed by atoms with Gasteiger partial charge in [0.2, 0.25) is 5.89 Å². The fraction of sp³-hybridized carbons (Fsp3) is 0.0526. The molecule has 148 valence electrons. The summed E-state index contributed by atoms with van der Waals surface area (Å²) in [5.41, 5.74) is 1.35. The Balaban J connectivity index is 1.75. The number of aromatic nitrogens is 1. The van der Waals surface area contributed by atoms with Gasteiger partial charge in [-0.3, -0.25) is 0 Å². The van der Waals surface area contributed by atoms with Gasteiger partial charge in [0.25, 0.3) is 0 Å². The number of methoxy groups -OCH3 is 1. The predicted molar refractivity (Wildman–Crippen MR) is 108 cm³/mol. The van der Waals surface area contributed by atoms with Gasteiger partial charge in [-0.15, -0.1) is 11.3 Å². The van der Waals surface area contributed by atoms with Crippen LogP contribution in [0.2, 0.25) is 5.02 Å². The summed E-state index contributed by atoms with van der Waals surface area (Å²) in [5, 5.41) is 1.97. The maximum atomic E-state index is 12.8. The number of rotatable bonds is 5. The molecule has 0 fully saturated rings. The Morgan fingerprint density at radius 3 is 2.76 bits per heavy atom. The molecule has 2 aromatic carbocycles. The van der Waals surface area contributed by atoms with Crippen LogP contribution in [0, 0.1) is 0 Å². The van der Waals surface area contributed by atoms with E-state index in [1.54, 1.807) is 36.4 Å². The minimum absolute atomic E-state index is 0.00664. The van der Waals surface area contributed by atoms with E-state index < -0.39 is 16.1 Å². The highest BCUT2D eigenvalue weighted by molar-refractivity contribution is 7.87. The molecule has 0 amide bonds. The third-order valence-electron chi connectivity index (χ3n) is 3.94. The smallest absolute Gasteiger partial charge is 0.349 e. The van der Waals surface area contributed by atoms with Crippen molar-refractivity contribution < 1.29 is 26.5 Å². The van der Waals surface area contributed by atoms with Crippen LogP contribution >= 0.6 is 22.9 Å². The second kappa shape index (κ2) is 7.51. The third-order valence-corrected chi connectivity index (χ3v) is 6.47. The van der Waals surface area contributed by atoms with Crippen LogP contribution < -0.4 is 4.18 Å². The van der Waals surface area contributed by atoms with Crippen LogP contribution in [-0.4, -0.2) is 26.5 Å². The van der Waals surface area contributed by atoms with Crippen molar-refractivity contribution >= 4 is 50.1 Å². The Morgan fingerprint density at radius 1 is 1.17 bits per heavy atom. The van der Waals surface area contributed by atoms with Gasteiger partial charge in [-0.1, -0.05) is 23.7 Å². The summed E-state index contributed by atoms with van der Waals surface area (Å²) in [5.74, 6) is -0.579. The number of carbonyl (C=O) groups excluding carboxylic acids is 1. The molecule has 29 heavy (non-hydrogen) atoms. The fourth-order valence-corrected chi connectivity index (χ4v) is 5.05. The number of benzene rings is 2. The minimum atomic E-state index is -4.30. The molecule has 0 saturated carbocycles. The summed E-state index contributed by atoms with van der Waals surface area (Å²) >= 11 is 6.93. The first-order valence-corrected chi connectivity index (χ1v) is 10.8. The summed E-state index contributed by atoms with van der Waals surface area (Å²) in [7, 11) is -3.13. The predicted octanol–water partition coefficient (Wildman–Crippen LogP) is 4.76. The first-order chi connectivity index (χ1) is 13.9. The van der Waals surface area contributed by atoms with E-state index in [0.717, 1.165) is 11.3 Å². The maximum Gasteiger partial charge on any atom is 0.349 e. The number of nitrogens with zero attached hydrogens (tertiary/aromatic N) is 1. The Morgan fingerprint density at radius 2 is 1.97 bits per heavy atom. The summed E-state index contributed by atoms with van der Waals surface area (Å²) < 4.78 is 41.3. The van der Waals surface area contributed by atoms with Gasteiger partial charge in [-0.2, -0.15) is 8.42 Å². The second-order valence-electron chi connectivity index (χ2n) is 5.77. The lowest BCUT2D eigenvalue weighted by Crippen LogP contribution is -2.13. The molecular formula is C19H12ClNO6S2. The van der Waals surface area contributed by atoms with Crippen molar-refractivity contribution in [3.05, 3.63) is 63.8 Å². The lowest BCUT2D eigenvalue weighted by atomic mass is 10.2. The van der Waals surface area contributed by atoms with Gasteiger partial charge in [-0.25, -0.2) is 9.78 Å². The molecule has 0 spiro atoms. The number of oxazole rings is 1. The number of esters is 1. The molecule has 0 unspecified atom stereocenters. The average Bonchev–Trinajstić information content (AvgIpc) is 3.34. The van der Waals surface area contributed by atoms with E-state index in [9.17, 15) is 13.2 Å². The van der Waals surface area contributed by atoms with Crippen LogP contribution in [0.15, 0.2) is 63.2 Å². The van der Waals surface area contributed by atoms with E-state index in [0.29, 0.717) is 21.7 Å². The molecule has 2 heterocycles. The van der Waals surface area contributed by atoms with Gasteiger partial charge in [0.15, 0.2) is 11.3 Å². The molecule has 0 aliphatic rings. The number of hydrogen-bond donors (Lipinski definition) is 0. The molecule has 10 heteroatoms. The molecule has 0 radical (unpaired) electrons. The number of fused-ring (bicyclic) bond motifs is 1. The summed E-state index contributed by atoms with van der Waals surface area (Å²) in [4.78, 5) is 15.9. The Kier molecular flexibility index (Phi) is 5.03. The van der Waals surface area contributed by atoms with Crippen LogP contribution in [0.1, 0.15) is 9.67 Å². The summed E-state index contributed by atoms with van der Waals surface area (Å²) in [6, 6.07) is 12.7.